The fourth-order valence-corrected chi connectivity index (χ4v) is 2.75. The lowest BCUT2D eigenvalue weighted by molar-refractivity contribution is 0.547. The van der Waals surface area contributed by atoms with Gasteiger partial charge >= 0.3 is 0 Å². The van der Waals surface area contributed by atoms with Crippen molar-refractivity contribution in [3.63, 3.8) is 0 Å². The molecule has 2 aromatic carbocycles. The highest BCUT2D eigenvalue weighted by Crippen LogP contribution is 2.34. The molecule has 3 heteroatoms. The van der Waals surface area contributed by atoms with Crippen LogP contribution >= 0.6 is 0 Å². The quantitative estimate of drug-likeness (QED) is 0.775. The Bertz CT molecular complexity index is 764. The van der Waals surface area contributed by atoms with E-state index in [0.717, 1.165) is 17.1 Å². The second-order valence-corrected chi connectivity index (χ2v) is 5.23. The van der Waals surface area contributed by atoms with Crippen LogP contribution < -0.4 is 10.4 Å². The van der Waals surface area contributed by atoms with Crippen LogP contribution in [0, 0.1) is 0 Å². The van der Waals surface area contributed by atoms with E-state index in [0.29, 0.717) is 0 Å². The normalized spacial score (nSPS) is 17.2. The zero-order valence-electron chi connectivity index (χ0n) is 12.0. The van der Waals surface area contributed by atoms with Crippen LogP contribution in [0.4, 0.5) is 5.69 Å². The lowest BCUT2D eigenvalue weighted by atomic mass is 10.1. The SMILES string of the molecule is C1=C(c2ccco2)NN(c2ccccc2)C1c1ccccc1. The van der Waals surface area contributed by atoms with Gasteiger partial charge in [0.05, 0.1) is 23.7 Å². The van der Waals surface area contributed by atoms with Crippen LogP contribution in [0.25, 0.3) is 5.70 Å². The average molecular weight is 288 g/mol. The van der Waals surface area contributed by atoms with Crippen molar-refractivity contribution < 1.29 is 4.42 Å². The molecule has 3 aromatic rings. The molecule has 1 aliphatic rings. The van der Waals surface area contributed by atoms with E-state index in [-0.39, 0.29) is 6.04 Å². The first-order valence-corrected chi connectivity index (χ1v) is 7.33. The van der Waals surface area contributed by atoms with E-state index < -0.39 is 0 Å². The van der Waals surface area contributed by atoms with Gasteiger partial charge in [0, 0.05) is 0 Å². The number of benzene rings is 2. The summed E-state index contributed by atoms with van der Waals surface area (Å²) in [6, 6.07) is 24.8. The summed E-state index contributed by atoms with van der Waals surface area (Å²) >= 11 is 0. The van der Waals surface area contributed by atoms with E-state index in [2.05, 4.69) is 52.9 Å². The summed E-state index contributed by atoms with van der Waals surface area (Å²) in [4.78, 5) is 0. The zero-order chi connectivity index (χ0) is 14.8. The second-order valence-electron chi connectivity index (χ2n) is 5.23. The van der Waals surface area contributed by atoms with Crippen molar-refractivity contribution in [1.29, 1.82) is 0 Å². The minimum Gasteiger partial charge on any atom is -0.463 e. The number of hydrogen-bond donors (Lipinski definition) is 1. The number of hydrogen-bond acceptors (Lipinski definition) is 3. The number of nitrogens with one attached hydrogen (secondary N) is 1. The van der Waals surface area contributed by atoms with Gasteiger partial charge in [-0.25, -0.2) is 0 Å². The molecule has 0 saturated heterocycles. The lowest BCUT2D eigenvalue weighted by Crippen LogP contribution is -2.33. The molecule has 108 valence electrons. The Morgan fingerprint density at radius 1 is 0.818 bits per heavy atom. The van der Waals surface area contributed by atoms with E-state index in [1.165, 1.54) is 5.56 Å². The molecule has 0 amide bonds. The van der Waals surface area contributed by atoms with Crippen LogP contribution in [0.1, 0.15) is 17.4 Å². The molecule has 4 rings (SSSR count). The summed E-state index contributed by atoms with van der Waals surface area (Å²) in [6.45, 7) is 0. The Balaban J connectivity index is 1.75. The highest BCUT2D eigenvalue weighted by Gasteiger charge is 2.27. The second kappa shape index (κ2) is 5.45. The zero-order valence-corrected chi connectivity index (χ0v) is 12.0. The van der Waals surface area contributed by atoms with Crippen molar-refractivity contribution in [3.05, 3.63) is 96.5 Å². The van der Waals surface area contributed by atoms with E-state index in [1.54, 1.807) is 6.26 Å². The molecule has 0 aliphatic carbocycles. The van der Waals surface area contributed by atoms with Gasteiger partial charge < -0.3 is 4.42 Å². The maximum Gasteiger partial charge on any atom is 0.151 e. The molecule has 1 aromatic heterocycles. The predicted molar refractivity (Wildman–Crippen MR) is 87.9 cm³/mol. The van der Waals surface area contributed by atoms with Crippen LogP contribution in [0.5, 0.6) is 0 Å². The molecule has 2 heterocycles. The maximum atomic E-state index is 5.53. The molecule has 0 saturated carbocycles. The maximum absolute atomic E-state index is 5.53. The summed E-state index contributed by atoms with van der Waals surface area (Å²) in [6.07, 6.45) is 3.89. The predicted octanol–water partition coefficient (Wildman–Crippen LogP) is 4.39. The van der Waals surface area contributed by atoms with E-state index in [4.69, 9.17) is 4.42 Å². The van der Waals surface area contributed by atoms with Crippen LogP contribution in [0.3, 0.4) is 0 Å². The monoisotopic (exact) mass is 288 g/mol. The minimum absolute atomic E-state index is 0.128. The summed E-state index contributed by atoms with van der Waals surface area (Å²) < 4.78 is 5.53. The van der Waals surface area contributed by atoms with Crippen molar-refractivity contribution >= 4 is 11.4 Å². The van der Waals surface area contributed by atoms with Gasteiger partial charge in [-0.2, -0.15) is 0 Å². The molecule has 0 spiro atoms. The van der Waals surface area contributed by atoms with Gasteiger partial charge in [-0.15, -0.1) is 0 Å². The number of furan rings is 1. The molecule has 0 fully saturated rings. The Morgan fingerprint density at radius 3 is 2.23 bits per heavy atom. The average Bonchev–Trinajstić information content (AvgIpc) is 3.26. The minimum atomic E-state index is 0.128. The summed E-state index contributed by atoms with van der Waals surface area (Å²) in [5.74, 6) is 0.847. The van der Waals surface area contributed by atoms with Crippen molar-refractivity contribution in [2.24, 2.45) is 0 Å². The first-order chi connectivity index (χ1) is 10.9. The summed E-state index contributed by atoms with van der Waals surface area (Å²) in [5.41, 5.74) is 6.80. The number of anilines is 1. The van der Waals surface area contributed by atoms with Gasteiger partial charge in [-0.05, 0) is 35.9 Å². The highest BCUT2D eigenvalue weighted by molar-refractivity contribution is 5.69. The molecular weight excluding hydrogens is 272 g/mol. The van der Waals surface area contributed by atoms with Gasteiger partial charge in [0.25, 0.3) is 0 Å². The van der Waals surface area contributed by atoms with Crippen molar-refractivity contribution in [2.75, 3.05) is 5.01 Å². The fraction of sp³-hybridized carbons (Fsp3) is 0.0526. The molecule has 0 radical (unpaired) electrons. The number of hydrazine groups is 1. The molecule has 1 aliphatic heterocycles. The third-order valence-corrected chi connectivity index (χ3v) is 3.81. The molecule has 3 nitrogen and oxygen atoms in total. The Morgan fingerprint density at radius 2 is 1.55 bits per heavy atom. The number of rotatable bonds is 3. The Hall–Kier alpha value is -2.94. The number of nitrogens with zero attached hydrogens (tertiary/aromatic N) is 1. The Kier molecular flexibility index (Phi) is 3.16. The summed E-state index contributed by atoms with van der Waals surface area (Å²) in [7, 11) is 0. The van der Waals surface area contributed by atoms with Crippen molar-refractivity contribution in [2.45, 2.75) is 6.04 Å². The molecule has 0 bridgehead atoms. The largest absolute Gasteiger partial charge is 0.463 e. The Labute approximate surface area is 129 Å². The fourth-order valence-electron chi connectivity index (χ4n) is 2.75. The third-order valence-electron chi connectivity index (χ3n) is 3.81. The van der Waals surface area contributed by atoms with Gasteiger partial charge in [-0.1, -0.05) is 48.5 Å². The van der Waals surface area contributed by atoms with Crippen LogP contribution in [0.15, 0.2) is 89.6 Å². The van der Waals surface area contributed by atoms with E-state index >= 15 is 0 Å². The summed E-state index contributed by atoms with van der Waals surface area (Å²) in [5, 5.41) is 2.16. The van der Waals surface area contributed by atoms with Crippen LogP contribution in [0.2, 0.25) is 0 Å². The lowest BCUT2D eigenvalue weighted by Gasteiger charge is -2.27. The van der Waals surface area contributed by atoms with Crippen molar-refractivity contribution in [1.82, 2.24) is 5.43 Å². The smallest absolute Gasteiger partial charge is 0.151 e. The van der Waals surface area contributed by atoms with Gasteiger partial charge in [0.15, 0.2) is 5.76 Å². The van der Waals surface area contributed by atoms with E-state index in [9.17, 15) is 0 Å². The van der Waals surface area contributed by atoms with Crippen LogP contribution in [-0.2, 0) is 0 Å². The van der Waals surface area contributed by atoms with Gasteiger partial charge in [0.1, 0.15) is 0 Å². The molecule has 1 N–H and O–H groups in total. The first-order valence-electron chi connectivity index (χ1n) is 7.33. The van der Waals surface area contributed by atoms with Crippen LogP contribution in [-0.4, -0.2) is 0 Å². The molecule has 1 unspecified atom stereocenters. The molecule has 1 atom stereocenters. The molecular formula is C19H16N2O. The highest BCUT2D eigenvalue weighted by atomic mass is 16.3. The van der Waals surface area contributed by atoms with Gasteiger partial charge in [0.2, 0.25) is 0 Å². The standard InChI is InChI=1S/C19H16N2O/c1-3-8-15(9-4-1)18-14-17(19-12-7-13-22-19)20-21(18)16-10-5-2-6-11-16/h1-14,18,20H. The number of para-hydroxylation sites is 1. The van der Waals surface area contributed by atoms with E-state index in [1.807, 2.05) is 36.4 Å². The van der Waals surface area contributed by atoms with Gasteiger partial charge in [-0.3, -0.25) is 10.4 Å². The topological polar surface area (TPSA) is 28.4 Å². The third kappa shape index (κ3) is 2.27. The first kappa shape index (κ1) is 12.8. The van der Waals surface area contributed by atoms with Crippen molar-refractivity contribution in [3.8, 4) is 0 Å². The molecule has 22 heavy (non-hydrogen) atoms.